The minimum atomic E-state index is -3.39. The summed E-state index contributed by atoms with van der Waals surface area (Å²) in [5.74, 6) is 0. The van der Waals surface area contributed by atoms with Crippen LogP contribution in [0.3, 0.4) is 0 Å². The van der Waals surface area contributed by atoms with Gasteiger partial charge >= 0.3 is 10.3 Å². The molecule has 0 atom stereocenters. The Labute approximate surface area is 73.8 Å². The zero-order chi connectivity index (χ0) is 9.03. The Kier molecular flexibility index (Phi) is 3.49. The lowest BCUT2D eigenvalue weighted by atomic mass is 10.4. The van der Waals surface area contributed by atoms with Crippen molar-refractivity contribution in [2.24, 2.45) is 0 Å². The fraction of sp³-hybridized carbons (Fsp3) is 1.00. The SMILES string of the molecule is CCCOS(=O)(=O)N1CCCC1. The summed E-state index contributed by atoms with van der Waals surface area (Å²) in [6, 6.07) is 0. The molecule has 0 spiro atoms. The van der Waals surface area contributed by atoms with E-state index in [-0.39, 0.29) is 0 Å². The van der Waals surface area contributed by atoms with Crippen LogP contribution in [-0.4, -0.2) is 32.4 Å². The molecule has 0 aromatic carbocycles. The topological polar surface area (TPSA) is 46.6 Å². The van der Waals surface area contributed by atoms with E-state index in [2.05, 4.69) is 0 Å². The van der Waals surface area contributed by atoms with Gasteiger partial charge in [0.05, 0.1) is 6.61 Å². The molecule has 0 unspecified atom stereocenters. The Morgan fingerprint density at radius 3 is 2.42 bits per heavy atom. The molecule has 0 N–H and O–H groups in total. The van der Waals surface area contributed by atoms with Gasteiger partial charge in [-0.15, -0.1) is 0 Å². The molecule has 1 aliphatic rings. The maximum atomic E-state index is 11.3. The summed E-state index contributed by atoms with van der Waals surface area (Å²) in [5, 5.41) is 0. The lowest BCUT2D eigenvalue weighted by Crippen LogP contribution is -2.29. The molecule has 1 aliphatic heterocycles. The second-order valence-corrected chi connectivity index (χ2v) is 4.49. The first-order valence-electron chi connectivity index (χ1n) is 4.31. The van der Waals surface area contributed by atoms with Gasteiger partial charge in [0, 0.05) is 13.1 Å². The molecule has 0 bridgehead atoms. The van der Waals surface area contributed by atoms with E-state index in [0.29, 0.717) is 19.7 Å². The summed E-state index contributed by atoms with van der Waals surface area (Å²) in [4.78, 5) is 0. The van der Waals surface area contributed by atoms with Crippen molar-refractivity contribution >= 4 is 10.3 Å². The van der Waals surface area contributed by atoms with E-state index >= 15 is 0 Å². The van der Waals surface area contributed by atoms with Gasteiger partial charge in [0.1, 0.15) is 0 Å². The zero-order valence-corrected chi connectivity index (χ0v) is 8.14. The van der Waals surface area contributed by atoms with E-state index in [1.807, 2.05) is 6.92 Å². The number of rotatable bonds is 4. The van der Waals surface area contributed by atoms with E-state index in [0.717, 1.165) is 19.3 Å². The van der Waals surface area contributed by atoms with Crippen molar-refractivity contribution in [3.8, 4) is 0 Å². The average molecular weight is 193 g/mol. The molecule has 0 aliphatic carbocycles. The molecule has 1 rings (SSSR count). The Morgan fingerprint density at radius 1 is 1.33 bits per heavy atom. The second-order valence-electron chi connectivity index (χ2n) is 2.89. The van der Waals surface area contributed by atoms with E-state index in [9.17, 15) is 8.42 Å². The lowest BCUT2D eigenvalue weighted by Gasteiger charge is -2.13. The van der Waals surface area contributed by atoms with Gasteiger partial charge in [0.15, 0.2) is 0 Å². The Hall–Kier alpha value is -0.130. The summed E-state index contributed by atoms with van der Waals surface area (Å²) in [5.41, 5.74) is 0. The van der Waals surface area contributed by atoms with Crippen molar-refractivity contribution in [2.75, 3.05) is 19.7 Å². The molecular formula is C7H15NO3S. The molecule has 4 nitrogen and oxygen atoms in total. The van der Waals surface area contributed by atoms with Gasteiger partial charge in [0.25, 0.3) is 0 Å². The van der Waals surface area contributed by atoms with Crippen LogP contribution >= 0.6 is 0 Å². The third kappa shape index (κ3) is 2.43. The predicted octanol–water partition coefficient (Wildman–Crippen LogP) is 0.754. The van der Waals surface area contributed by atoms with Crippen LogP contribution in [-0.2, 0) is 14.5 Å². The number of hydrogen-bond donors (Lipinski definition) is 0. The van der Waals surface area contributed by atoms with Crippen LogP contribution in [0.25, 0.3) is 0 Å². The van der Waals surface area contributed by atoms with Crippen molar-refractivity contribution in [1.29, 1.82) is 0 Å². The number of nitrogens with zero attached hydrogens (tertiary/aromatic N) is 1. The highest BCUT2D eigenvalue weighted by atomic mass is 32.2. The van der Waals surface area contributed by atoms with Gasteiger partial charge in [-0.25, -0.2) is 0 Å². The monoisotopic (exact) mass is 193 g/mol. The van der Waals surface area contributed by atoms with Crippen LogP contribution in [0.5, 0.6) is 0 Å². The van der Waals surface area contributed by atoms with Gasteiger partial charge in [0.2, 0.25) is 0 Å². The molecule has 0 radical (unpaired) electrons. The van der Waals surface area contributed by atoms with Gasteiger partial charge in [-0.3, -0.25) is 4.18 Å². The van der Waals surface area contributed by atoms with E-state index in [4.69, 9.17) is 4.18 Å². The third-order valence-electron chi connectivity index (χ3n) is 1.82. The van der Waals surface area contributed by atoms with Crippen LogP contribution in [0.2, 0.25) is 0 Å². The van der Waals surface area contributed by atoms with Crippen LogP contribution in [0.15, 0.2) is 0 Å². The summed E-state index contributed by atoms with van der Waals surface area (Å²) in [6.07, 6.45) is 2.64. The van der Waals surface area contributed by atoms with E-state index in [1.165, 1.54) is 4.31 Å². The molecule has 0 amide bonds. The largest absolute Gasteiger partial charge is 0.338 e. The molecular weight excluding hydrogens is 178 g/mol. The quantitative estimate of drug-likeness (QED) is 0.662. The smallest absolute Gasteiger partial charge is 0.258 e. The summed E-state index contributed by atoms with van der Waals surface area (Å²) >= 11 is 0. The molecule has 12 heavy (non-hydrogen) atoms. The first-order chi connectivity index (χ1) is 5.67. The normalized spacial score (nSPS) is 20.1. The van der Waals surface area contributed by atoms with E-state index < -0.39 is 10.3 Å². The molecule has 0 aromatic heterocycles. The summed E-state index contributed by atoms with van der Waals surface area (Å²) in [7, 11) is -3.39. The predicted molar refractivity (Wildman–Crippen MR) is 46.0 cm³/mol. The molecule has 1 heterocycles. The molecule has 1 saturated heterocycles. The van der Waals surface area contributed by atoms with Crippen LogP contribution in [0, 0.1) is 0 Å². The first-order valence-corrected chi connectivity index (χ1v) is 5.68. The molecule has 1 fully saturated rings. The molecule has 5 heteroatoms. The summed E-state index contributed by atoms with van der Waals surface area (Å²) in [6.45, 7) is 3.41. The lowest BCUT2D eigenvalue weighted by molar-refractivity contribution is 0.279. The minimum Gasteiger partial charge on any atom is -0.258 e. The highest BCUT2D eigenvalue weighted by Gasteiger charge is 2.25. The molecule has 72 valence electrons. The van der Waals surface area contributed by atoms with Gasteiger partial charge in [-0.05, 0) is 19.3 Å². The van der Waals surface area contributed by atoms with Crippen molar-refractivity contribution < 1.29 is 12.6 Å². The van der Waals surface area contributed by atoms with Crippen molar-refractivity contribution in [3.63, 3.8) is 0 Å². The Morgan fingerprint density at radius 2 is 1.92 bits per heavy atom. The standard InChI is InChI=1S/C7H15NO3S/c1-2-7-11-12(9,10)8-5-3-4-6-8/h2-7H2,1H3. The average Bonchev–Trinajstić information content (AvgIpc) is 2.53. The van der Waals surface area contributed by atoms with Crippen LogP contribution < -0.4 is 0 Å². The fourth-order valence-electron chi connectivity index (χ4n) is 1.17. The molecule has 0 aromatic rings. The Balaban J connectivity index is 2.46. The fourth-order valence-corrected chi connectivity index (χ4v) is 2.41. The Bertz CT molecular complexity index is 219. The minimum absolute atomic E-state index is 0.291. The highest BCUT2D eigenvalue weighted by molar-refractivity contribution is 7.84. The maximum absolute atomic E-state index is 11.3. The molecule has 0 saturated carbocycles. The van der Waals surface area contributed by atoms with Crippen LogP contribution in [0.4, 0.5) is 0 Å². The van der Waals surface area contributed by atoms with Gasteiger partial charge in [-0.2, -0.15) is 12.7 Å². The van der Waals surface area contributed by atoms with Crippen molar-refractivity contribution in [1.82, 2.24) is 4.31 Å². The van der Waals surface area contributed by atoms with Crippen molar-refractivity contribution in [2.45, 2.75) is 26.2 Å². The summed E-state index contributed by atoms with van der Waals surface area (Å²) < 4.78 is 28.8. The van der Waals surface area contributed by atoms with Gasteiger partial charge < -0.3 is 0 Å². The third-order valence-corrected chi connectivity index (χ3v) is 3.28. The van der Waals surface area contributed by atoms with Crippen molar-refractivity contribution in [3.05, 3.63) is 0 Å². The number of hydrogen-bond acceptors (Lipinski definition) is 3. The zero-order valence-electron chi connectivity index (χ0n) is 7.32. The first kappa shape index (κ1) is 9.95. The van der Waals surface area contributed by atoms with E-state index in [1.54, 1.807) is 0 Å². The maximum Gasteiger partial charge on any atom is 0.338 e. The van der Waals surface area contributed by atoms with Crippen LogP contribution in [0.1, 0.15) is 26.2 Å². The van der Waals surface area contributed by atoms with Gasteiger partial charge in [-0.1, -0.05) is 6.92 Å². The highest BCUT2D eigenvalue weighted by Crippen LogP contribution is 2.13. The second kappa shape index (κ2) is 4.20.